The Morgan fingerprint density at radius 1 is 1.43 bits per heavy atom. The largest absolute Gasteiger partial charge is 0.383 e. The van der Waals surface area contributed by atoms with E-state index in [1.807, 2.05) is 5.38 Å². The minimum absolute atomic E-state index is 0.0822. The summed E-state index contributed by atoms with van der Waals surface area (Å²) < 4.78 is 18.8. The van der Waals surface area contributed by atoms with Gasteiger partial charge in [-0.15, -0.1) is 11.3 Å². The Morgan fingerprint density at radius 3 is 2.90 bits per heavy atom. The first-order valence-corrected chi connectivity index (χ1v) is 7.52. The van der Waals surface area contributed by atoms with E-state index in [1.54, 1.807) is 35.7 Å². The van der Waals surface area contributed by atoms with E-state index in [0.29, 0.717) is 18.7 Å². The Hall–Kier alpha value is -1.79. The highest BCUT2D eigenvalue weighted by Gasteiger charge is 2.16. The van der Waals surface area contributed by atoms with Crippen molar-refractivity contribution in [2.75, 3.05) is 20.3 Å². The van der Waals surface area contributed by atoms with Gasteiger partial charge in [0.1, 0.15) is 5.82 Å². The number of amides is 1. The molecule has 0 unspecified atom stereocenters. The molecule has 0 aliphatic carbocycles. The van der Waals surface area contributed by atoms with Gasteiger partial charge in [-0.05, 0) is 6.07 Å². The van der Waals surface area contributed by atoms with Crippen molar-refractivity contribution in [1.29, 1.82) is 0 Å². The van der Waals surface area contributed by atoms with Crippen LogP contribution in [-0.4, -0.2) is 36.1 Å². The lowest BCUT2D eigenvalue weighted by Gasteiger charge is -2.22. The van der Waals surface area contributed by atoms with Crippen molar-refractivity contribution in [1.82, 2.24) is 9.88 Å². The molecule has 2 aromatic rings. The molecule has 4 nitrogen and oxygen atoms in total. The summed E-state index contributed by atoms with van der Waals surface area (Å²) in [5.74, 6) is -0.387. The Bertz CT molecular complexity index is 575. The zero-order valence-corrected chi connectivity index (χ0v) is 12.6. The van der Waals surface area contributed by atoms with Crippen LogP contribution < -0.4 is 0 Å². The molecule has 0 radical (unpaired) electrons. The number of rotatable bonds is 7. The van der Waals surface area contributed by atoms with Gasteiger partial charge < -0.3 is 9.64 Å². The third-order valence-electron chi connectivity index (χ3n) is 3.05. The third-order valence-corrected chi connectivity index (χ3v) is 3.69. The maximum absolute atomic E-state index is 13.7. The van der Waals surface area contributed by atoms with Crippen molar-refractivity contribution in [3.8, 4) is 0 Å². The Labute approximate surface area is 127 Å². The topological polar surface area (TPSA) is 42.4 Å². The molecule has 1 aromatic carbocycles. The van der Waals surface area contributed by atoms with Crippen molar-refractivity contribution in [3.05, 3.63) is 52.2 Å². The fourth-order valence-electron chi connectivity index (χ4n) is 1.92. The first-order valence-electron chi connectivity index (χ1n) is 6.58. The zero-order valence-electron chi connectivity index (χ0n) is 11.8. The summed E-state index contributed by atoms with van der Waals surface area (Å²) >= 11 is 1.45. The van der Waals surface area contributed by atoms with Gasteiger partial charge in [-0.2, -0.15) is 0 Å². The molecule has 1 amide bonds. The van der Waals surface area contributed by atoms with E-state index in [2.05, 4.69) is 4.98 Å². The molecule has 1 aromatic heterocycles. The average molecular weight is 308 g/mol. The van der Waals surface area contributed by atoms with E-state index >= 15 is 0 Å². The molecule has 6 heteroatoms. The van der Waals surface area contributed by atoms with E-state index < -0.39 is 0 Å². The number of thiazole rings is 1. The van der Waals surface area contributed by atoms with Crippen LogP contribution in [0.3, 0.4) is 0 Å². The number of nitrogens with zero attached hydrogens (tertiary/aromatic N) is 2. The maximum atomic E-state index is 13.7. The quantitative estimate of drug-likeness (QED) is 0.789. The van der Waals surface area contributed by atoms with Gasteiger partial charge in [0.15, 0.2) is 0 Å². The fraction of sp³-hybridized carbons (Fsp3) is 0.333. The SMILES string of the molecule is COCCN(Cc1ccccc1F)C(=O)Cc1cscn1. The van der Waals surface area contributed by atoms with Crippen molar-refractivity contribution < 1.29 is 13.9 Å². The molecule has 21 heavy (non-hydrogen) atoms. The van der Waals surface area contributed by atoms with Gasteiger partial charge in [-0.1, -0.05) is 18.2 Å². The van der Waals surface area contributed by atoms with Crippen molar-refractivity contribution >= 4 is 17.2 Å². The van der Waals surface area contributed by atoms with E-state index in [0.717, 1.165) is 5.69 Å². The van der Waals surface area contributed by atoms with Crippen LogP contribution in [0.15, 0.2) is 35.2 Å². The number of methoxy groups -OCH3 is 1. The van der Waals surface area contributed by atoms with Crippen LogP contribution in [0.4, 0.5) is 4.39 Å². The molecule has 0 aliphatic heterocycles. The van der Waals surface area contributed by atoms with Crippen molar-refractivity contribution in [3.63, 3.8) is 0 Å². The van der Waals surface area contributed by atoms with Crippen LogP contribution in [0.25, 0.3) is 0 Å². The molecule has 1 heterocycles. The molecule has 0 saturated heterocycles. The van der Waals surface area contributed by atoms with E-state index in [9.17, 15) is 9.18 Å². The summed E-state index contributed by atoms with van der Waals surface area (Å²) in [5.41, 5.74) is 2.93. The van der Waals surface area contributed by atoms with Gasteiger partial charge in [0.05, 0.1) is 24.2 Å². The third kappa shape index (κ3) is 4.61. The summed E-state index contributed by atoms with van der Waals surface area (Å²) in [5, 5.41) is 1.84. The van der Waals surface area contributed by atoms with Crippen molar-refractivity contribution in [2.24, 2.45) is 0 Å². The number of hydrogen-bond donors (Lipinski definition) is 0. The Balaban J connectivity index is 2.06. The lowest BCUT2D eigenvalue weighted by Crippen LogP contribution is -2.34. The highest BCUT2D eigenvalue weighted by atomic mass is 32.1. The highest BCUT2D eigenvalue weighted by molar-refractivity contribution is 7.07. The monoisotopic (exact) mass is 308 g/mol. The first kappa shape index (κ1) is 15.6. The van der Waals surface area contributed by atoms with Gasteiger partial charge in [0.25, 0.3) is 0 Å². The predicted molar refractivity (Wildman–Crippen MR) is 79.5 cm³/mol. The second-order valence-electron chi connectivity index (χ2n) is 4.56. The van der Waals surface area contributed by atoms with Gasteiger partial charge in [0, 0.05) is 31.1 Å². The second-order valence-corrected chi connectivity index (χ2v) is 5.27. The lowest BCUT2D eigenvalue weighted by molar-refractivity contribution is -0.131. The molecule has 0 bridgehead atoms. The molecule has 2 rings (SSSR count). The summed E-state index contributed by atoms with van der Waals surface area (Å²) in [6.45, 7) is 1.07. The van der Waals surface area contributed by atoms with Crippen molar-refractivity contribution in [2.45, 2.75) is 13.0 Å². The first-order chi connectivity index (χ1) is 10.2. The minimum atomic E-state index is -0.304. The van der Waals surface area contributed by atoms with Crippen LogP contribution in [0, 0.1) is 5.82 Å². The number of carbonyl (C=O) groups excluding carboxylic acids is 1. The molecule has 0 saturated carbocycles. The van der Waals surface area contributed by atoms with E-state index in [1.165, 1.54) is 17.4 Å². The molecule has 0 aliphatic rings. The lowest BCUT2D eigenvalue weighted by atomic mass is 10.2. The smallest absolute Gasteiger partial charge is 0.229 e. The molecule has 0 atom stereocenters. The highest BCUT2D eigenvalue weighted by Crippen LogP contribution is 2.12. The van der Waals surface area contributed by atoms with Gasteiger partial charge in [0.2, 0.25) is 5.91 Å². The average Bonchev–Trinajstić information content (AvgIpc) is 2.98. The Kier molecular flexibility index (Phi) is 5.83. The Morgan fingerprint density at radius 2 is 2.24 bits per heavy atom. The molecular weight excluding hydrogens is 291 g/mol. The summed E-state index contributed by atoms with van der Waals surface area (Å²) in [7, 11) is 1.58. The fourth-order valence-corrected chi connectivity index (χ4v) is 2.48. The number of benzene rings is 1. The number of hydrogen-bond acceptors (Lipinski definition) is 4. The van der Waals surface area contributed by atoms with E-state index in [-0.39, 0.29) is 24.7 Å². The van der Waals surface area contributed by atoms with Gasteiger partial charge in [-0.3, -0.25) is 4.79 Å². The molecule has 0 spiro atoms. The van der Waals surface area contributed by atoms with Gasteiger partial charge >= 0.3 is 0 Å². The number of halogens is 1. The summed E-state index contributed by atoms with van der Waals surface area (Å²) in [4.78, 5) is 18.1. The predicted octanol–water partition coefficient (Wildman–Crippen LogP) is 2.50. The molecule has 0 N–H and O–H groups in total. The van der Waals surface area contributed by atoms with E-state index in [4.69, 9.17) is 4.74 Å². The van der Waals surface area contributed by atoms with Crippen LogP contribution in [0.1, 0.15) is 11.3 Å². The number of carbonyl (C=O) groups is 1. The van der Waals surface area contributed by atoms with Crippen LogP contribution in [0.5, 0.6) is 0 Å². The zero-order chi connectivity index (χ0) is 15.1. The normalized spacial score (nSPS) is 10.6. The molecule has 112 valence electrons. The van der Waals surface area contributed by atoms with Crippen LogP contribution >= 0.6 is 11.3 Å². The minimum Gasteiger partial charge on any atom is -0.383 e. The molecular formula is C15H17FN2O2S. The number of aromatic nitrogens is 1. The maximum Gasteiger partial charge on any atom is 0.229 e. The van der Waals surface area contributed by atoms with Crippen LogP contribution in [0.2, 0.25) is 0 Å². The summed E-state index contributed by atoms with van der Waals surface area (Å²) in [6, 6.07) is 6.48. The number of ether oxygens (including phenoxy) is 1. The van der Waals surface area contributed by atoms with Gasteiger partial charge in [-0.25, -0.2) is 9.37 Å². The summed E-state index contributed by atoms with van der Waals surface area (Å²) in [6.07, 6.45) is 0.224. The second kappa shape index (κ2) is 7.85. The molecule has 0 fully saturated rings. The van der Waals surface area contributed by atoms with Crippen LogP contribution in [-0.2, 0) is 22.5 Å². The standard InChI is InChI=1S/C15H17FN2O2S/c1-20-7-6-18(9-12-4-2-3-5-14(12)16)15(19)8-13-10-21-11-17-13/h2-5,10-11H,6-9H2,1H3.